The van der Waals surface area contributed by atoms with E-state index in [9.17, 15) is 14.5 Å². The lowest BCUT2D eigenvalue weighted by molar-refractivity contribution is 0.0515. The highest BCUT2D eigenvalue weighted by Crippen LogP contribution is 2.45. The van der Waals surface area contributed by atoms with Crippen molar-refractivity contribution in [3.05, 3.63) is 100 Å². The van der Waals surface area contributed by atoms with Crippen LogP contribution in [0.3, 0.4) is 0 Å². The van der Waals surface area contributed by atoms with E-state index in [0.29, 0.717) is 29.1 Å². The summed E-state index contributed by atoms with van der Waals surface area (Å²) >= 11 is 6.06. The van der Waals surface area contributed by atoms with Gasteiger partial charge >= 0.3 is 13.6 Å². The van der Waals surface area contributed by atoms with E-state index in [0.717, 1.165) is 34.0 Å². The van der Waals surface area contributed by atoms with Gasteiger partial charge in [-0.2, -0.15) is 0 Å². The Bertz CT molecular complexity index is 1550. The molecule has 1 heterocycles. The van der Waals surface area contributed by atoms with Crippen LogP contribution in [0.2, 0.25) is 5.02 Å². The molecule has 8 nitrogen and oxygen atoms in total. The molecule has 2 N–H and O–H groups in total. The first kappa shape index (κ1) is 31.0. The van der Waals surface area contributed by atoms with Crippen molar-refractivity contribution in [3.63, 3.8) is 0 Å². The number of hydrogen-bond acceptors (Lipinski definition) is 7. The second-order valence-corrected chi connectivity index (χ2v) is 12.5. The fraction of sp³-hybridized carbons (Fsp3) is 0.323. The van der Waals surface area contributed by atoms with Crippen LogP contribution in [0.25, 0.3) is 10.9 Å². The molecule has 2 unspecified atom stereocenters. The van der Waals surface area contributed by atoms with Crippen molar-refractivity contribution >= 4 is 41.4 Å². The third-order valence-corrected chi connectivity index (χ3v) is 9.04. The van der Waals surface area contributed by atoms with Crippen LogP contribution in [0.1, 0.15) is 47.1 Å². The van der Waals surface area contributed by atoms with Crippen molar-refractivity contribution in [2.75, 3.05) is 27.4 Å². The standard InChI is InChI=1S/C31H36ClN2O6P/c1-5-40-31(36)29-18-25-15-22(14-21(2)33-19-30(35)24-9-7-10-26(32)17-24)12-13-28(25)34(29)20-23-8-6-11-27(16-23)41(37,38-3)39-4/h6-13,15-18,21,30,33,35H,5,14,19-20H2,1-4H3. The molecule has 0 aliphatic rings. The van der Waals surface area contributed by atoms with E-state index in [-0.39, 0.29) is 12.6 Å². The smallest absolute Gasteiger partial charge is 0.360 e. The van der Waals surface area contributed by atoms with Gasteiger partial charge in [-0.15, -0.1) is 0 Å². The lowest BCUT2D eigenvalue weighted by Crippen LogP contribution is -2.32. The SMILES string of the molecule is CCOC(=O)c1cc2cc(CC(C)NCC(O)c3cccc(Cl)c3)ccc2n1Cc1cccc(P(=O)(OC)OC)c1. The van der Waals surface area contributed by atoms with Gasteiger partial charge in [-0.1, -0.05) is 41.9 Å². The number of nitrogens with zero attached hydrogens (tertiary/aromatic N) is 1. The van der Waals surface area contributed by atoms with Crippen molar-refractivity contribution in [2.24, 2.45) is 0 Å². The molecule has 2 atom stereocenters. The number of benzene rings is 3. The van der Waals surface area contributed by atoms with Crippen LogP contribution in [0.5, 0.6) is 0 Å². The third kappa shape index (κ3) is 7.46. The number of hydrogen-bond donors (Lipinski definition) is 2. The average molecular weight is 599 g/mol. The maximum absolute atomic E-state index is 12.9. The summed E-state index contributed by atoms with van der Waals surface area (Å²) in [6, 6.07) is 22.4. The Morgan fingerprint density at radius 1 is 1.02 bits per heavy atom. The van der Waals surface area contributed by atoms with Gasteiger partial charge in [-0.25, -0.2) is 4.79 Å². The molecule has 1 aromatic heterocycles. The Morgan fingerprint density at radius 2 is 1.78 bits per heavy atom. The summed E-state index contributed by atoms with van der Waals surface area (Å²) in [5, 5.41) is 15.9. The number of rotatable bonds is 13. The topological polar surface area (TPSA) is 99.0 Å². The summed E-state index contributed by atoms with van der Waals surface area (Å²) in [6.45, 7) is 4.85. The molecule has 0 amide bonds. The molecule has 0 aliphatic carbocycles. The summed E-state index contributed by atoms with van der Waals surface area (Å²) < 4.78 is 30.5. The van der Waals surface area contributed by atoms with E-state index in [1.807, 2.05) is 41.0 Å². The fourth-order valence-electron chi connectivity index (χ4n) is 4.86. The van der Waals surface area contributed by atoms with Gasteiger partial charge in [0, 0.05) is 49.3 Å². The van der Waals surface area contributed by atoms with E-state index in [4.69, 9.17) is 25.4 Å². The molecule has 0 saturated heterocycles. The van der Waals surface area contributed by atoms with Gasteiger partial charge in [0.1, 0.15) is 5.69 Å². The van der Waals surface area contributed by atoms with Crippen LogP contribution >= 0.6 is 19.2 Å². The molecular weight excluding hydrogens is 563 g/mol. The lowest BCUT2D eigenvalue weighted by Gasteiger charge is -2.18. The maximum atomic E-state index is 12.9. The highest BCUT2D eigenvalue weighted by molar-refractivity contribution is 7.62. The predicted molar refractivity (Wildman–Crippen MR) is 162 cm³/mol. The molecule has 4 rings (SSSR count). The Morgan fingerprint density at radius 3 is 2.49 bits per heavy atom. The Labute approximate surface area is 245 Å². The number of esters is 1. The van der Waals surface area contributed by atoms with E-state index < -0.39 is 19.7 Å². The summed E-state index contributed by atoms with van der Waals surface area (Å²) in [4.78, 5) is 12.9. The zero-order valence-corrected chi connectivity index (χ0v) is 25.3. The highest BCUT2D eigenvalue weighted by atomic mass is 35.5. The second kappa shape index (κ2) is 13.8. The van der Waals surface area contributed by atoms with E-state index in [1.54, 1.807) is 37.3 Å². The van der Waals surface area contributed by atoms with Gasteiger partial charge in [0.05, 0.1) is 18.0 Å². The quantitative estimate of drug-likeness (QED) is 0.146. The van der Waals surface area contributed by atoms with Crippen LogP contribution in [0, 0.1) is 0 Å². The minimum Gasteiger partial charge on any atom is -0.461 e. The zero-order valence-electron chi connectivity index (χ0n) is 23.7. The number of nitrogens with one attached hydrogen (secondary N) is 1. The minimum atomic E-state index is -3.42. The number of ether oxygens (including phenoxy) is 1. The first-order chi connectivity index (χ1) is 19.7. The molecule has 0 radical (unpaired) electrons. The fourth-order valence-corrected chi connectivity index (χ4v) is 6.22. The van der Waals surface area contributed by atoms with Crippen LogP contribution in [-0.2, 0) is 31.3 Å². The van der Waals surface area contributed by atoms with Crippen LogP contribution < -0.4 is 10.6 Å². The normalized spacial score (nSPS) is 13.3. The third-order valence-electron chi connectivity index (χ3n) is 6.93. The van der Waals surface area contributed by atoms with Crippen molar-refractivity contribution in [2.45, 2.75) is 39.0 Å². The van der Waals surface area contributed by atoms with Crippen LogP contribution in [-0.4, -0.2) is 49.1 Å². The number of aromatic nitrogens is 1. The van der Waals surface area contributed by atoms with Gasteiger partial charge in [-0.3, -0.25) is 4.57 Å². The molecule has 0 fully saturated rings. The number of carbonyl (C=O) groups is 1. The van der Waals surface area contributed by atoms with Gasteiger partial charge in [0.25, 0.3) is 0 Å². The summed E-state index contributed by atoms with van der Waals surface area (Å²) in [6.07, 6.45) is 0.0590. The van der Waals surface area contributed by atoms with Crippen molar-refractivity contribution in [1.29, 1.82) is 0 Å². The Hall–Kier alpha value is -2.97. The van der Waals surface area contributed by atoms with E-state index in [1.165, 1.54) is 14.2 Å². The van der Waals surface area contributed by atoms with Gasteiger partial charge in [-0.05, 0) is 79.4 Å². The number of aliphatic hydroxyl groups is 1. The molecule has 10 heteroatoms. The Kier molecular flexibility index (Phi) is 10.4. The second-order valence-electron chi connectivity index (χ2n) is 9.85. The molecule has 218 valence electrons. The van der Waals surface area contributed by atoms with E-state index in [2.05, 4.69) is 18.3 Å². The summed E-state index contributed by atoms with van der Waals surface area (Å²) in [5.41, 5.74) is 4.00. The van der Waals surface area contributed by atoms with E-state index >= 15 is 0 Å². The molecule has 0 saturated carbocycles. The average Bonchev–Trinajstić information content (AvgIpc) is 3.33. The maximum Gasteiger partial charge on any atom is 0.360 e. The molecule has 3 aromatic carbocycles. The predicted octanol–water partition coefficient (Wildman–Crippen LogP) is 5.89. The van der Waals surface area contributed by atoms with Crippen LogP contribution in [0.4, 0.5) is 0 Å². The molecule has 0 spiro atoms. The summed E-state index contributed by atoms with van der Waals surface area (Å²) in [7, 11) is -0.717. The van der Waals surface area contributed by atoms with Crippen molar-refractivity contribution < 1.29 is 28.3 Å². The lowest BCUT2D eigenvalue weighted by atomic mass is 10.0. The first-order valence-electron chi connectivity index (χ1n) is 13.4. The van der Waals surface area contributed by atoms with Gasteiger partial charge in [0.15, 0.2) is 0 Å². The molecule has 0 aliphatic heterocycles. The number of fused-ring (bicyclic) bond motifs is 1. The van der Waals surface area contributed by atoms with Gasteiger partial charge in [0.2, 0.25) is 0 Å². The van der Waals surface area contributed by atoms with Crippen LogP contribution in [0.15, 0.2) is 72.8 Å². The largest absolute Gasteiger partial charge is 0.461 e. The molecular formula is C31H36ClN2O6P. The number of halogens is 1. The monoisotopic (exact) mass is 598 g/mol. The molecule has 4 aromatic rings. The number of carbonyl (C=O) groups excluding carboxylic acids is 1. The van der Waals surface area contributed by atoms with Crippen molar-refractivity contribution in [1.82, 2.24) is 9.88 Å². The number of aliphatic hydroxyl groups excluding tert-OH is 1. The molecule has 0 bridgehead atoms. The Balaban J connectivity index is 1.55. The van der Waals surface area contributed by atoms with Gasteiger partial charge < -0.3 is 28.8 Å². The minimum absolute atomic E-state index is 0.0906. The zero-order chi connectivity index (χ0) is 29.6. The molecule has 41 heavy (non-hydrogen) atoms. The first-order valence-corrected chi connectivity index (χ1v) is 15.4. The highest BCUT2D eigenvalue weighted by Gasteiger charge is 2.25. The summed E-state index contributed by atoms with van der Waals surface area (Å²) in [5.74, 6) is -0.411. The van der Waals surface area contributed by atoms with Crippen molar-refractivity contribution in [3.8, 4) is 0 Å².